The molecule has 1 fully saturated rings. The van der Waals surface area contributed by atoms with E-state index in [9.17, 15) is 4.79 Å². The summed E-state index contributed by atoms with van der Waals surface area (Å²) in [5.41, 5.74) is 7.92. The van der Waals surface area contributed by atoms with Gasteiger partial charge in [-0.25, -0.2) is 0 Å². The maximum Gasteiger partial charge on any atom is 0.251 e. The van der Waals surface area contributed by atoms with Crippen LogP contribution in [0.4, 0.5) is 0 Å². The van der Waals surface area contributed by atoms with Crippen LogP contribution < -0.4 is 11.1 Å². The van der Waals surface area contributed by atoms with Gasteiger partial charge in [-0.3, -0.25) is 4.79 Å². The Hall–Kier alpha value is -1.79. The van der Waals surface area contributed by atoms with Gasteiger partial charge in [0.05, 0.1) is 6.54 Å². The molecule has 0 aromatic heterocycles. The minimum absolute atomic E-state index is 0.00278. The molecule has 0 spiro atoms. The fourth-order valence-electron chi connectivity index (χ4n) is 3.01. The van der Waals surface area contributed by atoms with Crippen LogP contribution in [0.1, 0.15) is 47.7 Å². The van der Waals surface area contributed by atoms with Gasteiger partial charge in [0.15, 0.2) is 0 Å². The quantitative estimate of drug-likeness (QED) is 0.838. The Morgan fingerprint density at radius 2 is 2.24 bits per heavy atom. The van der Waals surface area contributed by atoms with Crippen molar-refractivity contribution in [2.75, 3.05) is 13.1 Å². The molecule has 1 amide bonds. The maximum atomic E-state index is 12.4. The second kappa shape index (κ2) is 7.28. The molecule has 0 bridgehead atoms. The lowest BCUT2D eigenvalue weighted by Gasteiger charge is -2.16. The van der Waals surface area contributed by atoms with Crippen molar-refractivity contribution < 1.29 is 4.79 Å². The number of benzene rings is 1. The van der Waals surface area contributed by atoms with E-state index >= 15 is 0 Å². The van der Waals surface area contributed by atoms with Crippen molar-refractivity contribution in [2.24, 2.45) is 17.6 Å². The van der Waals surface area contributed by atoms with E-state index in [2.05, 4.69) is 24.1 Å². The molecule has 0 aliphatic heterocycles. The molecular formula is C18H24N2O. The average Bonchev–Trinajstić information content (AvgIpc) is 2.89. The van der Waals surface area contributed by atoms with Crippen molar-refractivity contribution in [2.45, 2.75) is 33.1 Å². The Bertz CT molecular complexity index is 568. The van der Waals surface area contributed by atoms with Crippen molar-refractivity contribution in [1.82, 2.24) is 5.32 Å². The molecule has 3 N–H and O–H groups in total. The number of nitrogens with two attached hydrogens (primary N) is 1. The van der Waals surface area contributed by atoms with Crippen LogP contribution in [-0.2, 0) is 0 Å². The second-order valence-electron chi connectivity index (χ2n) is 5.86. The smallest absolute Gasteiger partial charge is 0.251 e. The van der Waals surface area contributed by atoms with Crippen molar-refractivity contribution in [3.8, 4) is 11.8 Å². The topological polar surface area (TPSA) is 55.1 Å². The first kappa shape index (κ1) is 15.6. The number of rotatable bonds is 3. The molecule has 1 aliphatic carbocycles. The van der Waals surface area contributed by atoms with Gasteiger partial charge >= 0.3 is 0 Å². The first-order valence-electron chi connectivity index (χ1n) is 7.70. The third-order valence-electron chi connectivity index (χ3n) is 4.47. The van der Waals surface area contributed by atoms with Gasteiger partial charge in [-0.15, -0.1) is 0 Å². The summed E-state index contributed by atoms with van der Waals surface area (Å²) in [6, 6.07) is 5.66. The Kier molecular flexibility index (Phi) is 5.41. The highest BCUT2D eigenvalue weighted by Gasteiger charge is 2.23. The van der Waals surface area contributed by atoms with Gasteiger partial charge in [-0.1, -0.05) is 37.7 Å². The third-order valence-corrected chi connectivity index (χ3v) is 4.47. The molecule has 1 aromatic rings. The summed E-state index contributed by atoms with van der Waals surface area (Å²) in [6.07, 6.45) is 3.79. The third kappa shape index (κ3) is 3.86. The predicted octanol–water partition coefficient (Wildman–Crippen LogP) is 2.47. The standard InChI is InChI=1S/C18H24N2O/c1-13-6-3-8-16(13)12-20-18(21)17-10-4-7-15(14(17)2)9-5-11-19/h4,7,10,13,16H,3,6,8,11-12,19H2,1-2H3,(H,20,21). The van der Waals surface area contributed by atoms with Crippen molar-refractivity contribution in [3.05, 3.63) is 34.9 Å². The van der Waals surface area contributed by atoms with Gasteiger partial charge in [0.1, 0.15) is 0 Å². The molecule has 0 heterocycles. The van der Waals surface area contributed by atoms with E-state index in [1.165, 1.54) is 19.3 Å². The molecule has 1 aliphatic rings. The van der Waals surface area contributed by atoms with Gasteiger partial charge in [-0.2, -0.15) is 0 Å². The number of amides is 1. The molecule has 1 aromatic carbocycles. The minimum Gasteiger partial charge on any atom is -0.352 e. The van der Waals surface area contributed by atoms with E-state index in [4.69, 9.17) is 5.73 Å². The highest BCUT2D eigenvalue weighted by molar-refractivity contribution is 5.96. The van der Waals surface area contributed by atoms with Crippen LogP contribution in [0.3, 0.4) is 0 Å². The lowest BCUT2D eigenvalue weighted by Crippen LogP contribution is -2.30. The van der Waals surface area contributed by atoms with Gasteiger partial charge in [0, 0.05) is 17.7 Å². The highest BCUT2D eigenvalue weighted by atomic mass is 16.1. The number of hydrogen-bond donors (Lipinski definition) is 2. The van der Waals surface area contributed by atoms with E-state index < -0.39 is 0 Å². The number of nitrogens with one attached hydrogen (secondary N) is 1. The van der Waals surface area contributed by atoms with Gasteiger partial charge < -0.3 is 11.1 Å². The zero-order chi connectivity index (χ0) is 15.2. The van der Waals surface area contributed by atoms with Crippen LogP contribution in [0, 0.1) is 30.6 Å². The first-order valence-corrected chi connectivity index (χ1v) is 7.70. The summed E-state index contributed by atoms with van der Waals surface area (Å²) in [7, 11) is 0. The molecule has 1 saturated carbocycles. The van der Waals surface area contributed by atoms with Crippen molar-refractivity contribution in [3.63, 3.8) is 0 Å². The van der Waals surface area contributed by atoms with E-state index in [0.29, 0.717) is 23.9 Å². The van der Waals surface area contributed by atoms with Crippen molar-refractivity contribution >= 4 is 5.91 Å². The summed E-state index contributed by atoms with van der Waals surface area (Å²) in [6.45, 7) is 5.32. The molecule has 2 atom stereocenters. The van der Waals surface area contributed by atoms with Gasteiger partial charge in [0.2, 0.25) is 0 Å². The fraction of sp³-hybridized carbons (Fsp3) is 0.500. The van der Waals surface area contributed by atoms with Crippen LogP contribution in [0.25, 0.3) is 0 Å². The van der Waals surface area contributed by atoms with Crippen LogP contribution in [0.5, 0.6) is 0 Å². The average molecular weight is 284 g/mol. The van der Waals surface area contributed by atoms with Crippen LogP contribution in [-0.4, -0.2) is 19.0 Å². The molecule has 0 saturated heterocycles. The van der Waals surface area contributed by atoms with E-state index in [1.807, 2.05) is 25.1 Å². The van der Waals surface area contributed by atoms with E-state index in [0.717, 1.165) is 17.7 Å². The summed E-state index contributed by atoms with van der Waals surface area (Å²) in [4.78, 5) is 12.4. The summed E-state index contributed by atoms with van der Waals surface area (Å²) in [5, 5.41) is 3.08. The molecular weight excluding hydrogens is 260 g/mol. The summed E-state index contributed by atoms with van der Waals surface area (Å²) in [5.74, 6) is 7.20. The molecule has 112 valence electrons. The first-order chi connectivity index (χ1) is 10.1. The Labute approximate surface area is 127 Å². The lowest BCUT2D eigenvalue weighted by molar-refractivity contribution is 0.0944. The Morgan fingerprint density at radius 3 is 2.90 bits per heavy atom. The maximum absolute atomic E-state index is 12.4. The van der Waals surface area contributed by atoms with Gasteiger partial charge in [-0.05, 0) is 42.9 Å². The van der Waals surface area contributed by atoms with Crippen LogP contribution >= 0.6 is 0 Å². The molecule has 0 radical (unpaired) electrons. The largest absolute Gasteiger partial charge is 0.352 e. The number of hydrogen-bond acceptors (Lipinski definition) is 2. The molecule has 21 heavy (non-hydrogen) atoms. The second-order valence-corrected chi connectivity index (χ2v) is 5.86. The number of carbonyl (C=O) groups excluding carboxylic acids is 1. The Balaban J connectivity index is 2.05. The van der Waals surface area contributed by atoms with Crippen LogP contribution in [0.2, 0.25) is 0 Å². The Morgan fingerprint density at radius 1 is 1.43 bits per heavy atom. The van der Waals surface area contributed by atoms with Crippen LogP contribution in [0.15, 0.2) is 18.2 Å². The minimum atomic E-state index is 0.00278. The molecule has 2 unspecified atom stereocenters. The lowest BCUT2D eigenvalue weighted by atomic mass is 9.97. The van der Waals surface area contributed by atoms with Gasteiger partial charge in [0.25, 0.3) is 5.91 Å². The SMILES string of the molecule is Cc1c(C#CCN)cccc1C(=O)NCC1CCCC1C. The fourth-order valence-corrected chi connectivity index (χ4v) is 3.01. The molecule has 3 nitrogen and oxygen atoms in total. The van der Waals surface area contributed by atoms with E-state index in [1.54, 1.807) is 0 Å². The predicted molar refractivity (Wildman–Crippen MR) is 85.9 cm³/mol. The normalized spacial score (nSPS) is 20.7. The zero-order valence-corrected chi connectivity index (χ0v) is 12.9. The monoisotopic (exact) mass is 284 g/mol. The molecule has 2 rings (SSSR count). The molecule has 3 heteroatoms. The van der Waals surface area contributed by atoms with E-state index in [-0.39, 0.29) is 5.91 Å². The summed E-state index contributed by atoms with van der Waals surface area (Å²) < 4.78 is 0. The number of carbonyl (C=O) groups is 1. The zero-order valence-electron chi connectivity index (χ0n) is 12.9. The summed E-state index contributed by atoms with van der Waals surface area (Å²) >= 11 is 0. The highest BCUT2D eigenvalue weighted by Crippen LogP contribution is 2.30. The van der Waals surface area contributed by atoms with Crippen molar-refractivity contribution in [1.29, 1.82) is 0 Å².